The molecule has 5 amide bonds. The summed E-state index contributed by atoms with van der Waals surface area (Å²) in [6.45, 7) is 23.4. The molecule has 6 bridgehead atoms. The number of carbonyl (C=O) groups is 5. The molecule has 5 saturated heterocycles. The number of pyridine rings is 1. The van der Waals surface area contributed by atoms with Crippen molar-refractivity contribution in [1.82, 2.24) is 44.9 Å². The zero-order valence-electron chi connectivity index (χ0n) is 44.1. The normalized spacial score (nSPS) is 28.8. The second-order valence-corrected chi connectivity index (χ2v) is 24.5. The number of amides is 5. The molecule has 72 heavy (non-hydrogen) atoms. The fourth-order valence-corrected chi connectivity index (χ4v) is 14.2. The van der Waals surface area contributed by atoms with Crippen LogP contribution >= 0.6 is 0 Å². The molecule has 2 aromatic rings. The summed E-state index contributed by atoms with van der Waals surface area (Å²) in [7, 11) is 3.52. The number of hydrogen-bond acceptors (Lipinski definition) is 11. The van der Waals surface area contributed by atoms with E-state index in [0.717, 1.165) is 49.4 Å². The van der Waals surface area contributed by atoms with Gasteiger partial charge in [0, 0.05) is 82.0 Å². The second-order valence-electron chi connectivity index (χ2n) is 22.8. The van der Waals surface area contributed by atoms with E-state index in [4.69, 9.17) is 19.2 Å². The molecule has 8 atom stereocenters. The first-order valence-electron chi connectivity index (χ1n) is 26.4. The standard InChI is InChI=1S/C54H77N9O8Si/c1-11-43(64)61-29-53(71-32-61)18-23-60(24-19-53)51(68)58(9)45(33(3)4)47(65)56-49-54(72-49)30-59-22-17-36(28-59)38-26-39-40(27-52(7,8)31-70-48(66)41-16-14-21-63(57-41)50(54)67)46(62(12-2)42(39)25-34(38)5)37-15-13-20-55-44(37)35(6)69-10/h11,13,15,20,26,33-36,41,45,49,57H,1,12,14,16-19,21-25,27-32H2,2-10H3,(H,56,65)/t34?,35-,36+,41-,45-,49?,54-/m0/s1. The molecule has 2 spiro atoms. The van der Waals surface area contributed by atoms with E-state index in [0.29, 0.717) is 70.7 Å². The number of piperidine rings is 1. The molecule has 8 heterocycles. The molecule has 7 aliphatic rings. The molecule has 0 aromatic carbocycles. The number of ether oxygens (including phenoxy) is 3. The van der Waals surface area contributed by atoms with Crippen molar-refractivity contribution in [1.29, 1.82) is 0 Å². The lowest BCUT2D eigenvalue weighted by molar-refractivity contribution is -0.155. The average molecular weight is 1010 g/mol. The lowest BCUT2D eigenvalue weighted by Crippen LogP contribution is -2.59. The molecule has 3 unspecified atom stereocenters. The number of nitrogens with one attached hydrogen (secondary N) is 2. The van der Waals surface area contributed by atoms with Crippen LogP contribution in [0, 0.1) is 23.2 Å². The summed E-state index contributed by atoms with van der Waals surface area (Å²) in [6, 6.07) is 2.44. The van der Waals surface area contributed by atoms with Crippen molar-refractivity contribution < 1.29 is 38.2 Å². The molecule has 9 rings (SSSR count). The Morgan fingerprint density at radius 3 is 2.57 bits per heavy atom. The van der Waals surface area contributed by atoms with Crippen molar-refractivity contribution >= 4 is 45.3 Å². The Bertz CT molecular complexity index is 2480. The Hall–Kier alpha value is -4.88. The van der Waals surface area contributed by atoms with E-state index >= 15 is 4.79 Å². The third-order valence-electron chi connectivity index (χ3n) is 16.8. The molecule has 6 aliphatic heterocycles. The van der Waals surface area contributed by atoms with Crippen LogP contribution in [0.25, 0.3) is 17.3 Å². The number of rotatable bonds is 9. The first-order chi connectivity index (χ1) is 34.3. The predicted molar refractivity (Wildman–Crippen MR) is 274 cm³/mol. The van der Waals surface area contributed by atoms with Gasteiger partial charge in [0.1, 0.15) is 18.8 Å². The highest BCUT2D eigenvalue weighted by atomic mass is 28.2. The van der Waals surface area contributed by atoms with Gasteiger partial charge in [0.05, 0.1) is 50.8 Å². The maximum absolute atomic E-state index is 15.1. The van der Waals surface area contributed by atoms with Crippen LogP contribution in [0.5, 0.6) is 0 Å². The zero-order chi connectivity index (χ0) is 51.4. The minimum atomic E-state index is -0.912. The van der Waals surface area contributed by atoms with Gasteiger partial charge in [-0.15, -0.1) is 0 Å². The quantitative estimate of drug-likeness (QED) is 0.196. The number of hydrazine groups is 1. The van der Waals surface area contributed by atoms with Gasteiger partial charge in [0.15, 0.2) is 0 Å². The molecular weight excluding hydrogens is 931 g/mol. The Balaban J connectivity index is 0.986. The third-order valence-corrected chi connectivity index (χ3v) is 18.6. The molecule has 0 saturated carbocycles. The van der Waals surface area contributed by atoms with Crippen molar-refractivity contribution in [3.05, 3.63) is 59.1 Å². The number of hydrogen-bond donors (Lipinski definition) is 2. The molecule has 1 aliphatic carbocycles. The Labute approximate surface area is 428 Å². The monoisotopic (exact) mass is 1010 g/mol. The van der Waals surface area contributed by atoms with Gasteiger partial charge in [-0.2, -0.15) is 0 Å². The topological polar surface area (TPSA) is 171 Å². The first kappa shape index (κ1) is 52.0. The lowest BCUT2D eigenvalue weighted by atomic mass is 9.77. The van der Waals surface area contributed by atoms with Gasteiger partial charge >= 0.3 is 12.0 Å². The van der Waals surface area contributed by atoms with E-state index in [9.17, 15) is 19.2 Å². The maximum atomic E-state index is 15.1. The van der Waals surface area contributed by atoms with E-state index < -0.39 is 33.8 Å². The van der Waals surface area contributed by atoms with Crippen molar-refractivity contribution in [2.24, 2.45) is 23.2 Å². The largest absolute Gasteiger partial charge is 0.464 e. The van der Waals surface area contributed by atoms with Gasteiger partial charge in [-0.3, -0.25) is 29.2 Å². The molecule has 390 valence electrons. The van der Waals surface area contributed by atoms with Crippen LogP contribution in [-0.4, -0.2) is 170 Å². The van der Waals surface area contributed by atoms with Crippen LogP contribution in [-0.2, 0) is 52.8 Å². The van der Waals surface area contributed by atoms with Gasteiger partial charge in [-0.1, -0.05) is 52.8 Å². The summed E-state index contributed by atoms with van der Waals surface area (Å²) in [6.07, 6.45) is 10.2. The third kappa shape index (κ3) is 9.82. The van der Waals surface area contributed by atoms with Crippen LogP contribution < -0.4 is 10.7 Å². The molecule has 5 fully saturated rings. The highest BCUT2D eigenvalue weighted by Crippen LogP contribution is 2.50. The van der Waals surface area contributed by atoms with Crippen LogP contribution in [0.4, 0.5) is 4.79 Å². The highest BCUT2D eigenvalue weighted by Gasteiger charge is 2.64. The zero-order valence-corrected chi connectivity index (χ0v) is 45.1. The number of aromatic nitrogens is 2. The molecule has 18 heteroatoms. The number of likely N-dealkylation sites (tertiary alicyclic amines) is 1. The van der Waals surface area contributed by atoms with Gasteiger partial charge in [-0.25, -0.2) is 10.2 Å². The molecule has 2 aromatic heterocycles. The minimum Gasteiger partial charge on any atom is -0.464 e. The van der Waals surface area contributed by atoms with Crippen molar-refractivity contribution in [2.75, 3.05) is 73.3 Å². The van der Waals surface area contributed by atoms with Crippen LogP contribution in [0.2, 0.25) is 5.04 Å². The molecule has 2 radical (unpaired) electrons. The molecular formula is C54H77N9O8Si. The lowest BCUT2D eigenvalue weighted by Gasteiger charge is -2.41. The van der Waals surface area contributed by atoms with E-state index in [1.807, 2.05) is 33.0 Å². The average Bonchev–Trinajstić information content (AvgIpc) is 3.62. The van der Waals surface area contributed by atoms with Gasteiger partial charge in [-0.05, 0) is 112 Å². The van der Waals surface area contributed by atoms with E-state index in [1.54, 1.807) is 33.9 Å². The smallest absolute Gasteiger partial charge is 0.324 e. The number of methoxy groups -OCH3 is 1. The number of cyclic esters (lactones) is 1. The van der Waals surface area contributed by atoms with Crippen molar-refractivity contribution in [3.63, 3.8) is 0 Å². The number of likely N-dealkylation sites (N-methyl/N-ethyl adjacent to an activating group) is 1. The molecule has 17 nitrogen and oxygen atoms in total. The van der Waals surface area contributed by atoms with Crippen LogP contribution in [0.1, 0.15) is 109 Å². The number of carbonyl (C=O) groups excluding carboxylic acids is 5. The summed E-state index contributed by atoms with van der Waals surface area (Å²) >= 11 is 0. The number of nitrogens with zero attached hydrogens (tertiary/aromatic N) is 7. The maximum Gasteiger partial charge on any atom is 0.324 e. The summed E-state index contributed by atoms with van der Waals surface area (Å²) in [5.41, 5.74) is 10.2. The fraction of sp³-hybridized carbons (Fsp3) is 0.667. The first-order valence-corrected chi connectivity index (χ1v) is 27.5. The van der Waals surface area contributed by atoms with Crippen LogP contribution in [0.15, 0.2) is 36.6 Å². The number of esters is 1. The van der Waals surface area contributed by atoms with E-state index in [2.05, 4.69) is 66.6 Å². The van der Waals surface area contributed by atoms with Gasteiger partial charge < -0.3 is 43.7 Å². The summed E-state index contributed by atoms with van der Waals surface area (Å²) in [5.74, 6) is -0.599. The van der Waals surface area contributed by atoms with Crippen molar-refractivity contribution in [2.45, 2.75) is 134 Å². The SMILES string of the molecule is C=CC(=O)N1COC2(CCN(C(=O)N(C)[C@H](C(=O)NC3[Si][C@@]34CN3CC[C@H](C3)C3=Cc5c(c(-c6cccnc6[C@H](C)OC)n(CC)c5CC3C)CC(C)(C)COC(=O)[C@@H]3CCCN(N3)C4=O)C(C)C)CC2)C1. The predicted octanol–water partition coefficient (Wildman–Crippen LogP) is 5.03. The number of urea groups is 1. The summed E-state index contributed by atoms with van der Waals surface area (Å²) in [4.78, 5) is 82.5. The van der Waals surface area contributed by atoms with E-state index in [1.165, 1.54) is 28.5 Å². The van der Waals surface area contributed by atoms with Gasteiger partial charge in [0.2, 0.25) is 17.7 Å². The Morgan fingerprint density at radius 1 is 1.10 bits per heavy atom. The molecule has 2 N–H and O–H groups in total. The Morgan fingerprint density at radius 2 is 1.86 bits per heavy atom. The summed E-state index contributed by atoms with van der Waals surface area (Å²) in [5, 5.41) is 4.02. The number of fused-ring (bicyclic) bond motifs is 5. The van der Waals surface area contributed by atoms with E-state index in [-0.39, 0.29) is 70.5 Å². The van der Waals surface area contributed by atoms with Crippen molar-refractivity contribution in [3.8, 4) is 11.3 Å². The Kier molecular flexibility index (Phi) is 14.8. The fourth-order valence-electron chi connectivity index (χ4n) is 12.7. The highest BCUT2D eigenvalue weighted by molar-refractivity contribution is 6.65. The van der Waals surface area contributed by atoms with Crippen LogP contribution in [0.3, 0.4) is 0 Å². The second kappa shape index (κ2) is 20.4. The van der Waals surface area contributed by atoms with Gasteiger partial charge in [0.25, 0.3) is 0 Å². The summed E-state index contributed by atoms with van der Waals surface area (Å²) < 4.78 is 20.7. The minimum absolute atomic E-state index is 0.110.